The number of fused-ring (bicyclic) bond motifs is 1. The van der Waals surface area contributed by atoms with E-state index in [9.17, 15) is 9.59 Å². The van der Waals surface area contributed by atoms with Crippen LogP contribution in [0.1, 0.15) is 36.5 Å². The minimum Gasteiger partial charge on any atom is -0.483 e. The lowest BCUT2D eigenvalue weighted by atomic mass is 10.0. The number of aryl methyl sites for hydroxylation is 2. The summed E-state index contributed by atoms with van der Waals surface area (Å²) < 4.78 is 11.1. The molecule has 1 amide bonds. The number of hydrogen-bond donors (Lipinski definition) is 1. The minimum absolute atomic E-state index is 0.114. The van der Waals surface area contributed by atoms with E-state index in [-0.39, 0.29) is 18.1 Å². The van der Waals surface area contributed by atoms with Gasteiger partial charge in [-0.1, -0.05) is 13.3 Å². The Bertz CT molecular complexity index is 1010. The van der Waals surface area contributed by atoms with Gasteiger partial charge in [0.05, 0.1) is 0 Å². The summed E-state index contributed by atoms with van der Waals surface area (Å²) in [6, 6.07) is 8.95. The topological polar surface area (TPSA) is 81.4 Å². The highest BCUT2D eigenvalue weighted by atomic mass is 16.5. The lowest BCUT2D eigenvalue weighted by Crippen LogP contribution is -2.28. The van der Waals surface area contributed by atoms with Gasteiger partial charge in [-0.25, -0.2) is 4.79 Å². The number of amides is 1. The van der Waals surface area contributed by atoms with Gasteiger partial charge in [0.25, 0.3) is 5.91 Å². The van der Waals surface area contributed by atoms with Gasteiger partial charge >= 0.3 is 5.63 Å². The summed E-state index contributed by atoms with van der Waals surface area (Å²) >= 11 is 0. The van der Waals surface area contributed by atoms with Gasteiger partial charge in [0.1, 0.15) is 11.3 Å². The van der Waals surface area contributed by atoms with Gasteiger partial charge in [0.2, 0.25) is 0 Å². The van der Waals surface area contributed by atoms with Crippen molar-refractivity contribution < 1.29 is 13.9 Å². The van der Waals surface area contributed by atoms with E-state index in [2.05, 4.69) is 17.2 Å². The molecule has 6 nitrogen and oxygen atoms in total. The fourth-order valence-electron chi connectivity index (χ4n) is 3.03. The first-order valence-corrected chi connectivity index (χ1v) is 9.43. The van der Waals surface area contributed by atoms with E-state index in [4.69, 9.17) is 9.15 Å². The lowest BCUT2D eigenvalue weighted by Gasteiger charge is -2.12. The van der Waals surface area contributed by atoms with Crippen LogP contribution in [0.5, 0.6) is 5.75 Å². The Morgan fingerprint density at radius 2 is 2.00 bits per heavy atom. The van der Waals surface area contributed by atoms with Crippen molar-refractivity contribution >= 4 is 16.9 Å². The first kappa shape index (κ1) is 19.6. The van der Waals surface area contributed by atoms with E-state index in [1.165, 1.54) is 0 Å². The largest absolute Gasteiger partial charge is 0.483 e. The minimum atomic E-state index is -0.367. The molecule has 6 heteroatoms. The quantitative estimate of drug-likeness (QED) is 0.605. The molecule has 146 valence electrons. The van der Waals surface area contributed by atoms with Crippen molar-refractivity contribution in [2.75, 3.05) is 6.61 Å². The smallest absolute Gasteiger partial charge is 0.336 e. The molecule has 0 bridgehead atoms. The van der Waals surface area contributed by atoms with Crippen LogP contribution in [0.3, 0.4) is 0 Å². The maximum absolute atomic E-state index is 12.1. The van der Waals surface area contributed by atoms with Crippen LogP contribution in [0.25, 0.3) is 11.0 Å². The number of carbonyl (C=O) groups excluding carboxylic acids is 1. The molecule has 0 aliphatic heterocycles. The second-order valence-electron chi connectivity index (χ2n) is 6.68. The van der Waals surface area contributed by atoms with Crippen molar-refractivity contribution in [3.8, 4) is 5.75 Å². The molecule has 2 heterocycles. The van der Waals surface area contributed by atoms with Crippen molar-refractivity contribution in [3.05, 3.63) is 69.8 Å². The third kappa shape index (κ3) is 4.76. The van der Waals surface area contributed by atoms with Crippen LogP contribution < -0.4 is 15.7 Å². The van der Waals surface area contributed by atoms with Crippen molar-refractivity contribution in [1.82, 2.24) is 10.3 Å². The summed E-state index contributed by atoms with van der Waals surface area (Å²) in [5.74, 6) is 0.303. The number of nitrogens with zero attached hydrogens (tertiary/aromatic N) is 1. The third-order valence-corrected chi connectivity index (χ3v) is 4.59. The van der Waals surface area contributed by atoms with E-state index in [1.807, 2.05) is 31.2 Å². The van der Waals surface area contributed by atoms with Crippen LogP contribution in [0.15, 0.2) is 51.9 Å². The van der Waals surface area contributed by atoms with Crippen LogP contribution in [-0.2, 0) is 17.8 Å². The molecule has 0 saturated carbocycles. The fourth-order valence-corrected chi connectivity index (χ4v) is 3.03. The molecule has 0 fully saturated rings. The average molecular weight is 380 g/mol. The number of aromatic nitrogens is 1. The molecule has 0 aliphatic rings. The predicted octanol–water partition coefficient (Wildman–Crippen LogP) is 3.53. The number of carbonyl (C=O) groups is 1. The number of pyridine rings is 1. The van der Waals surface area contributed by atoms with Crippen LogP contribution in [0.4, 0.5) is 0 Å². The summed E-state index contributed by atoms with van der Waals surface area (Å²) in [5, 5.41) is 3.72. The molecule has 0 aliphatic carbocycles. The molecule has 3 rings (SSSR count). The van der Waals surface area contributed by atoms with E-state index in [0.717, 1.165) is 41.3 Å². The fraction of sp³-hybridized carbons (Fsp3) is 0.318. The maximum Gasteiger partial charge on any atom is 0.336 e. The second-order valence-corrected chi connectivity index (χ2v) is 6.68. The van der Waals surface area contributed by atoms with E-state index in [0.29, 0.717) is 17.9 Å². The second kappa shape index (κ2) is 9.17. The Hall–Kier alpha value is -3.15. The molecule has 28 heavy (non-hydrogen) atoms. The van der Waals surface area contributed by atoms with Crippen molar-refractivity contribution in [3.63, 3.8) is 0 Å². The highest BCUT2D eigenvalue weighted by molar-refractivity contribution is 5.85. The molecular formula is C22H24N2O4. The first-order chi connectivity index (χ1) is 13.6. The summed E-state index contributed by atoms with van der Waals surface area (Å²) in [6.07, 6.45) is 6.25. The predicted molar refractivity (Wildman–Crippen MR) is 107 cm³/mol. The van der Waals surface area contributed by atoms with Gasteiger partial charge in [-0.05, 0) is 55.2 Å². The van der Waals surface area contributed by atoms with Gasteiger partial charge < -0.3 is 14.5 Å². The Kier molecular flexibility index (Phi) is 6.42. The number of ether oxygens (including phenoxy) is 1. The molecule has 0 atom stereocenters. The summed E-state index contributed by atoms with van der Waals surface area (Å²) in [7, 11) is 0. The molecule has 3 aromatic rings. The molecule has 0 saturated heterocycles. The number of nitrogens with one attached hydrogen (secondary N) is 1. The Balaban J connectivity index is 1.70. The normalized spacial score (nSPS) is 10.8. The van der Waals surface area contributed by atoms with E-state index in [1.54, 1.807) is 18.5 Å². The van der Waals surface area contributed by atoms with Crippen LogP contribution in [0, 0.1) is 6.92 Å². The molecule has 0 radical (unpaired) electrons. The molecule has 1 aromatic carbocycles. The van der Waals surface area contributed by atoms with Crippen LogP contribution in [-0.4, -0.2) is 17.5 Å². The van der Waals surface area contributed by atoms with Crippen LogP contribution >= 0.6 is 0 Å². The zero-order valence-corrected chi connectivity index (χ0v) is 16.2. The third-order valence-electron chi connectivity index (χ3n) is 4.59. The Morgan fingerprint density at radius 3 is 2.75 bits per heavy atom. The number of benzene rings is 1. The number of unbranched alkanes of at least 4 members (excludes halogenated alkanes) is 1. The monoisotopic (exact) mass is 380 g/mol. The van der Waals surface area contributed by atoms with Gasteiger partial charge in [0, 0.05) is 36.0 Å². The zero-order chi connectivity index (χ0) is 19.9. The summed E-state index contributed by atoms with van der Waals surface area (Å²) in [6.45, 7) is 4.25. The van der Waals surface area contributed by atoms with Crippen molar-refractivity contribution in [2.45, 2.75) is 39.7 Å². The van der Waals surface area contributed by atoms with Gasteiger partial charge in [-0.2, -0.15) is 0 Å². The standard InChI is InChI=1S/C22H24N2O4/c1-3-4-5-17-12-21(26)28-22-15(2)19(7-6-18(17)22)27-14-20(25)24-13-16-8-10-23-11-9-16/h6-12H,3-5,13-14H2,1-2H3,(H,24,25). The average Bonchev–Trinajstić information content (AvgIpc) is 2.71. The maximum atomic E-state index is 12.1. The summed E-state index contributed by atoms with van der Waals surface area (Å²) in [5.41, 5.74) is 2.82. The van der Waals surface area contributed by atoms with Gasteiger partial charge in [-0.3, -0.25) is 9.78 Å². The van der Waals surface area contributed by atoms with E-state index < -0.39 is 0 Å². The number of hydrogen-bond acceptors (Lipinski definition) is 5. The molecule has 0 spiro atoms. The van der Waals surface area contributed by atoms with Crippen molar-refractivity contribution in [2.24, 2.45) is 0 Å². The lowest BCUT2D eigenvalue weighted by molar-refractivity contribution is -0.123. The van der Waals surface area contributed by atoms with Gasteiger partial charge in [0.15, 0.2) is 6.61 Å². The molecule has 0 unspecified atom stereocenters. The molecule has 2 aromatic heterocycles. The van der Waals surface area contributed by atoms with Gasteiger partial charge in [-0.15, -0.1) is 0 Å². The van der Waals surface area contributed by atoms with Crippen LogP contribution in [0.2, 0.25) is 0 Å². The highest BCUT2D eigenvalue weighted by Gasteiger charge is 2.13. The Morgan fingerprint density at radius 1 is 1.21 bits per heavy atom. The first-order valence-electron chi connectivity index (χ1n) is 9.43. The van der Waals surface area contributed by atoms with Crippen molar-refractivity contribution in [1.29, 1.82) is 0 Å². The Labute approximate surface area is 163 Å². The highest BCUT2D eigenvalue weighted by Crippen LogP contribution is 2.29. The molecule has 1 N–H and O–H groups in total. The zero-order valence-electron chi connectivity index (χ0n) is 16.2. The van der Waals surface area contributed by atoms with E-state index >= 15 is 0 Å². The SMILES string of the molecule is CCCCc1cc(=O)oc2c(C)c(OCC(=O)NCc3ccncc3)ccc12. The summed E-state index contributed by atoms with van der Waals surface area (Å²) in [4.78, 5) is 27.9. The number of rotatable bonds is 8. The molecular weight excluding hydrogens is 356 g/mol.